The van der Waals surface area contributed by atoms with Gasteiger partial charge in [-0.1, -0.05) is 36.4 Å². The summed E-state index contributed by atoms with van der Waals surface area (Å²) in [6.07, 6.45) is -0.156. The normalized spacial score (nSPS) is 12.4. The number of halogens is 1. The van der Waals surface area contributed by atoms with Crippen LogP contribution < -0.4 is 0 Å². The average molecular weight is 244 g/mol. The lowest BCUT2D eigenvalue weighted by Crippen LogP contribution is -2.04. The van der Waals surface area contributed by atoms with E-state index in [4.69, 9.17) is 0 Å². The van der Waals surface area contributed by atoms with Crippen molar-refractivity contribution in [3.63, 3.8) is 0 Å². The smallest absolute Gasteiger partial charge is 0.126 e. The van der Waals surface area contributed by atoms with Crippen molar-refractivity contribution in [3.05, 3.63) is 70.5 Å². The van der Waals surface area contributed by atoms with Crippen molar-refractivity contribution in [1.82, 2.24) is 0 Å². The second kappa shape index (κ2) is 5.32. The lowest BCUT2D eigenvalue weighted by molar-refractivity contribution is 0.178. The quantitative estimate of drug-likeness (QED) is 0.872. The maximum atomic E-state index is 13.4. The van der Waals surface area contributed by atoms with E-state index in [0.29, 0.717) is 17.5 Å². The van der Waals surface area contributed by atoms with Crippen LogP contribution in [0.15, 0.2) is 42.5 Å². The number of benzene rings is 2. The van der Waals surface area contributed by atoms with Crippen LogP contribution in [0, 0.1) is 19.7 Å². The first-order chi connectivity index (χ1) is 8.58. The fourth-order valence-corrected chi connectivity index (χ4v) is 1.98. The number of aliphatic hydroxyl groups is 1. The van der Waals surface area contributed by atoms with Crippen LogP contribution in [0.3, 0.4) is 0 Å². The molecule has 1 atom stereocenters. The second-order valence-electron chi connectivity index (χ2n) is 4.66. The number of rotatable bonds is 3. The molecule has 0 amide bonds. The highest BCUT2D eigenvalue weighted by Gasteiger charge is 2.11. The molecule has 0 aliphatic rings. The molecule has 0 aliphatic carbocycles. The van der Waals surface area contributed by atoms with Gasteiger partial charge >= 0.3 is 0 Å². The summed E-state index contributed by atoms with van der Waals surface area (Å²) in [4.78, 5) is 0. The van der Waals surface area contributed by atoms with Crippen LogP contribution in [-0.2, 0) is 6.42 Å². The number of aryl methyl sites for hydroxylation is 2. The zero-order valence-electron chi connectivity index (χ0n) is 10.7. The van der Waals surface area contributed by atoms with Gasteiger partial charge < -0.3 is 5.11 Å². The Kier molecular flexibility index (Phi) is 3.78. The highest BCUT2D eigenvalue weighted by molar-refractivity contribution is 5.30. The minimum absolute atomic E-state index is 0.267. The molecule has 0 radical (unpaired) electrons. The van der Waals surface area contributed by atoms with Gasteiger partial charge in [-0.15, -0.1) is 0 Å². The predicted molar refractivity (Wildman–Crippen MR) is 71.0 cm³/mol. The molecule has 18 heavy (non-hydrogen) atoms. The Labute approximate surface area is 107 Å². The molecule has 2 aromatic carbocycles. The lowest BCUT2D eigenvalue weighted by Gasteiger charge is -2.13. The predicted octanol–water partition coefficient (Wildman–Crippen LogP) is 3.72. The molecule has 0 aromatic heterocycles. The Hall–Kier alpha value is -1.67. The summed E-state index contributed by atoms with van der Waals surface area (Å²) < 4.78 is 13.4. The largest absolute Gasteiger partial charge is 0.388 e. The van der Waals surface area contributed by atoms with E-state index < -0.39 is 6.10 Å². The molecule has 0 saturated carbocycles. The van der Waals surface area contributed by atoms with Crippen LogP contribution in [0.25, 0.3) is 0 Å². The molecule has 1 N–H and O–H groups in total. The van der Waals surface area contributed by atoms with Crippen LogP contribution in [0.2, 0.25) is 0 Å². The van der Waals surface area contributed by atoms with Gasteiger partial charge in [-0.3, -0.25) is 0 Å². The van der Waals surface area contributed by atoms with Crippen molar-refractivity contribution in [2.75, 3.05) is 0 Å². The van der Waals surface area contributed by atoms with Gasteiger partial charge in [-0.2, -0.15) is 0 Å². The molecular formula is C16H17FO. The Morgan fingerprint density at radius 1 is 1.06 bits per heavy atom. The van der Waals surface area contributed by atoms with Crippen LogP contribution in [0.5, 0.6) is 0 Å². The highest BCUT2D eigenvalue weighted by Crippen LogP contribution is 2.22. The van der Waals surface area contributed by atoms with Gasteiger partial charge in [0.15, 0.2) is 0 Å². The summed E-state index contributed by atoms with van der Waals surface area (Å²) in [6.45, 7) is 3.73. The molecule has 94 valence electrons. The van der Waals surface area contributed by atoms with Crippen LogP contribution >= 0.6 is 0 Å². The zero-order valence-corrected chi connectivity index (χ0v) is 10.7. The number of hydrogen-bond donors (Lipinski definition) is 1. The fraction of sp³-hybridized carbons (Fsp3) is 0.250. The Balaban J connectivity index is 2.19. The van der Waals surface area contributed by atoms with Crippen molar-refractivity contribution in [2.45, 2.75) is 26.4 Å². The molecule has 0 bridgehead atoms. The summed E-state index contributed by atoms with van der Waals surface area (Å²) in [7, 11) is 0. The number of hydrogen-bond acceptors (Lipinski definition) is 1. The molecule has 1 unspecified atom stereocenters. The number of aliphatic hydroxyl groups excluding tert-OH is 1. The third-order valence-electron chi connectivity index (χ3n) is 3.26. The molecule has 1 nitrogen and oxygen atoms in total. The van der Waals surface area contributed by atoms with Crippen molar-refractivity contribution in [3.8, 4) is 0 Å². The first-order valence-corrected chi connectivity index (χ1v) is 6.06. The lowest BCUT2D eigenvalue weighted by atomic mass is 9.97. The highest BCUT2D eigenvalue weighted by atomic mass is 19.1. The Bertz CT molecular complexity index is 549. The molecule has 0 aliphatic heterocycles. The van der Waals surface area contributed by atoms with Crippen LogP contribution in [-0.4, -0.2) is 5.11 Å². The maximum absolute atomic E-state index is 13.4. The van der Waals surface area contributed by atoms with Gasteiger partial charge in [0.2, 0.25) is 0 Å². The average Bonchev–Trinajstić information content (AvgIpc) is 2.35. The van der Waals surface area contributed by atoms with E-state index in [-0.39, 0.29) is 5.82 Å². The van der Waals surface area contributed by atoms with E-state index in [2.05, 4.69) is 0 Å². The van der Waals surface area contributed by atoms with E-state index in [0.717, 1.165) is 11.1 Å². The molecule has 2 rings (SSSR count). The van der Waals surface area contributed by atoms with E-state index >= 15 is 0 Å². The summed E-state index contributed by atoms with van der Waals surface area (Å²) in [5.74, 6) is -0.267. The Morgan fingerprint density at radius 3 is 2.44 bits per heavy atom. The topological polar surface area (TPSA) is 20.2 Å². The van der Waals surface area contributed by atoms with Crippen molar-refractivity contribution >= 4 is 0 Å². The van der Waals surface area contributed by atoms with E-state index in [1.807, 2.05) is 31.2 Å². The minimum Gasteiger partial charge on any atom is -0.388 e. The van der Waals surface area contributed by atoms with Crippen LogP contribution in [0.1, 0.15) is 28.4 Å². The third-order valence-corrected chi connectivity index (χ3v) is 3.26. The molecule has 0 spiro atoms. The molecule has 2 aromatic rings. The summed E-state index contributed by atoms with van der Waals surface area (Å²) in [5.41, 5.74) is 3.46. The molecular weight excluding hydrogens is 227 g/mol. The van der Waals surface area contributed by atoms with Gasteiger partial charge in [0.1, 0.15) is 5.82 Å². The van der Waals surface area contributed by atoms with E-state index in [1.165, 1.54) is 6.07 Å². The third kappa shape index (κ3) is 2.77. The molecule has 0 saturated heterocycles. The molecule has 0 fully saturated rings. The Morgan fingerprint density at radius 2 is 1.78 bits per heavy atom. The summed E-state index contributed by atoms with van der Waals surface area (Å²) in [6, 6.07) is 12.8. The van der Waals surface area contributed by atoms with E-state index in [9.17, 15) is 9.50 Å². The van der Waals surface area contributed by atoms with Gasteiger partial charge in [0.05, 0.1) is 6.10 Å². The van der Waals surface area contributed by atoms with Crippen LogP contribution in [0.4, 0.5) is 4.39 Å². The van der Waals surface area contributed by atoms with Crippen molar-refractivity contribution < 1.29 is 9.50 Å². The monoisotopic (exact) mass is 244 g/mol. The van der Waals surface area contributed by atoms with E-state index in [1.54, 1.807) is 19.1 Å². The SMILES string of the molecule is Cc1ccc(C(O)Cc2ccccc2C)cc1F. The van der Waals surface area contributed by atoms with Gasteiger partial charge in [-0.05, 0) is 42.2 Å². The van der Waals surface area contributed by atoms with Gasteiger partial charge in [0, 0.05) is 6.42 Å². The summed E-state index contributed by atoms with van der Waals surface area (Å²) in [5, 5.41) is 10.1. The summed E-state index contributed by atoms with van der Waals surface area (Å²) >= 11 is 0. The second-order valence-corrected chi connectivity index (χ2v) is 4.66. The first-order valence-electron chi connectivity index (χ1n) is 6.06. The standard InChI is InChI=1S/C16H17FO/c1-11-5-3-4-6-13(11)10-16(18)14-8-7-12(2)15(17)9-14/h3-9,16,18H,10H2,1-2H3. The minimum atomic E-state index is -0.666. The van der Waals surface area contributed by atoms with Crippen molar-refractivity contribution in [2.24, 2.45) is 0 Å². The zero-order chi connectivity index (χ0) is 13.1. The maximum Gasteiger partial charge on any atom is 0.126 e. The molecule has 0 heterocycles. The van der Waals surface area contributed by atoms with Gasteiger partial charge in [0.25, 0.3) is 0 Å². The van der Waals surface area contributed by atoms with Gasteiger partial charge in [-0.25, -0.2) is 4.39 Å². The molecule has 2 heteroatoms. The fourth-order valence-electron chi connectivity index (χ4n) is 1.98. The van der Waals surface area contributed by atoms with Crippen molar-refractivity contribution in [1.29, 1.82) is 0 Å². The first kappa shape index (κ1) is 12.8.